The van der Waals surface area contributed by atoms with Gasteiger partial charge in [-0.2, -0.15) is 0 Å². The summed E-state index contributed by atoms with van der Waals surface area (Å²) in [5.41, 5.74) is 1.10. The van der Waals surface area contributed by atoms with E-state index in [-0.39, 0.29) is 17.8 Å². The number of rotatable bonds is 4. The van der Waals surface area contributed by atoms with Gasteiger partial charge in [-0.05, 0) is 12.0 Å². The van der Waals surface area contributed by atoms with Gasteiger partial charge in [0.2, 0.25) is 0 Å². The maximum Gasteiger partial charge on any atom is 0.407 e. The van der Waals surface area contributed by atoms with Gasteiger partial charge < -0.3 is 19.7 Å². The van der Waals surface area contributed by atoms with Crippen molar-refractivity contribution >= 4 is 6.09 Å². The number of benzene rings is 1. The van der Waals surface area contributed by atoms with E-state index in [9.17, 15) is 4.79 Å². The lowest BCUT2D eigenvalue weighted by Crippen LogP contribution is -2.49. The average molecular weight is 359 g/mol. The molecule has 0 bridgehead atoms. The van der Waals surface area contributed by atoms with Crippen molar-refractivity contribution in [1.29, 1.82) is 0 Å². The Kier molecular flexibility index (Phi) is 5.43. The second-order valence-corrected chi connectivity index (χ2v) is 7.79. The lowest BCUT2D eigenvalue weighted by Gasteiger charge is -2.38. The highest BCUT2D eigenvalue weighted by atomic mass is 16.6. The number of carbonyl (C=O) groups excluding carboxylic acids is 1. The first-order valence-electron chi connectivity index (χ1n) is 9.78. The Bertz CT molecular complexity index is 602. The van der Waals surface area contributed by atoms with E-state index in [1.807, 2.05) is 0 Å². The van der Waals surface area contributed by atoms with Crippen molar-refractivity contribution in [2.45, 2.75) is 37.5 Å². The van der Waals surface area contributed by atoms with E-state index in [0.29, 0.717) is 6.54 Å². The monoisotopic (exact) mass is 359 g/mol. The SMILES string of the molecule is O=C1NCC2(CCN(C[C@H]3CN(Cc4ccccc4)CCCO3)CC2)O1. The second-order valence-electron chi connectivity index (χ2n) is 7.79. The first-order chi connectivity index (χ1) is 12.7. The van der Waals surface area contributed by atoms with Crippen LogP contribution in [0.3, 0.4) is 0 Å². The summed E-state index contributed by atoms with van der Waals surface area (Å²) in [6.07, 6.45) is 2.90. The first-order valence-corrected chi connectivity index (χ1v) is 9.78. The van der Waals surface area contributed by atoms with Gasteiger partial charge >= 0.3 is 6.09 Å². The molecule has 1 atom stereocenters. The molecule has 1 N–H and O–H groups in total. The number of nitrogens with one attached hydrogen (secondary N) is 1. The number of hydrogen-bond acceptors (Lipinski definition) is 5. The summed E-state index contributed by atoms with van der Waals surface area (Å²) in [7, 11) is 0. The second kappa shape index (κ2) is 7.94. The predicted octanol–water partition coefficient (Wildman–Crippen LogP) is 1.85. The minimum Gasteiger partial charge on any atom is -0.441 e. The molecule has 0 aliphatic carbocycles. The Balaban J connectivity index is 1.28. The van der Waals surface area contributed by atoms with Crippen LogP contribution in [0, 0.1) is 0 Å². The molecule has 142 valence electrons. The van der Waals surface area contributed by atoms with Crippen LogP contribution in [0.2, 0.25) is 0 Å². The minimum absolute atomic E-state index is 0.250. The molecule has 0 radical (unpaired) electrons. The zero-order valence-electron chi connectivity index (χ0n) is 15.4. The molecular formula is C20H29N3O3. The van der Waals surface area contributed by atoms with Gasteiger partial charge in [0.1, 0.15) is 5.60 Å². The molecule has 1 amide bonds. The van der Waals surface area contributed by atoms with Gasteiger partial charge in [0.15, 0.2) is 0 Å². The number of piperidine rings is 1. The Morgan fingerprint density at radius 2 is 1.92 bits per heavy atom. The van der Waals surface area contributed by atoms with Gasteiger partial charge in [-0.15, -0.1) is 0 Å². The molecule has 0 unspecified atom stereocenters. The third-order valence-corrected chi connectivity index (χ3v) is 5.78. The molecule has 6 nitrogen and oxygen atoms in total. The maximum atomic E-state index is 11.4. The molecule has 3 saturated heterocycles. The molecule has 3 heterocycles. The zero-order chi connectivity index (χ0) is 17.8. The van der Waals surface area contributed by atoms with Crippen molar-refractivity contribution in [2.75, 3.05) is 45.9 Å². The third-order valence-electron chi connectivity index (χ3n) is 5.78. The van der Waals surface area contributed by atoms with Crippen molar-refractivity contribution < 1.29 is 14.3 Å². The quantitative estimate of drug-likeness (QED) is 0.889. The van der Waals surface area contributed by atoms with Crippen LogP contribution in [-0.2, 0) is 16.0 Å². The highest BCUT2D eigenvalue weighted by Gasteiger charge is 2.43. The van der Waals surface area contributed by atoms with Gasteiger partial charge in [-0.25, -0.2) is 4.79 Å². The summed E-state index contributed by atoms with van der Waals surface area (Å²) >= 11 is 0. The van der Waals surface area contributed by atoms with Crippen LogP contribution < -0.4 is 5.32 Å². The van der Waals surface area contributed by atoms with E-state index in [1.54, 1.807) is 0 Å². The van der Waals surface area contributed by atoms with E-state index in [2.05, 4.69) is 45.4 Å². The highest BCUT2D eigenvalue weighted by Crippen LogP contribution is 2.29. The summed E-state index contributed by atoms with van der Waals surface area (Å²) in [5, 5.41) is 2.80. The predicted molar refractivity (Wildman–Crippen MR) is 99.0 cm³/mol. The van der Waals surface area contributed by atoms with Gasteiger partial charge in [-0.3, -0.25) is 4.90 Å². The Labute approximate surface area is 155 Å². The molecule has 1 aromatic rings. The van der Waals surface area contributed by atoms with Crippen molar-refractivity contribution in [2.24, 2.45) is 0 Å². The number of amides is 1. The first kappa shape index (κ1) is 17.8. The van der Waals surface area contributed by atoms with Crippen LogP contribution in [0.15, 0.2) is 30.3 Å². The summed E-state index contributed by atoms with van der Waals surface area (Å²) in [6.45, 7) is 7.46. The Morgan fingerprint density at radius 3 is 2.65 bits per heavy atom. The third kappa shape index (κ3) is 4.37. The molecule has 1 spiro atoms. The van der Waals surface area contributed by atoms with Crippen molar-refractivity contribution in [3.05, 3.63) is 35.9 Å². The number of ether oxygens (including phenoxy) is 2. The number of nitrogens with zero attached hydrogens (tertiary/aromatic N) is 2. The van der Waals surface area contributed by atoms with E-state index in [1.165, 1.54) is 5.56 Å². The van der Waals surface area contributed by atoms with E-state index < -0.39 is 0 Å². The van der Waals surface area contributed by atoms with Gasteiger partial charge in [0.05, 0.1) is 12.6 Å². The van der Waals surface area contributed by atoms with Gasteiger partial charge in [0, 0.05) is 58.7 Å². The molecule has 6 heteroatoms. The summed E-state index contributed by atoms with van der Waals surface area (Å²) in [6, 6.07) is 10.7. The lowest BCUT2D eigenvalue weighted by molar-refractivity contribution is -0.0234. The minimum atomic E-state index is -0.267. The van der Waals surface area contributed by atoms with E-state index in [0.717, 1.165) is 65.1 Å². The smallest absolute Gasteiger partial charge is 0.407 e. The molecule has 0 aromatic heterocycles. The van der Waals surface area contributed by atoms with Crippen molar-refractivity contribution in [3.63, 3.8) is 0 Å². The zero-order valence-corrected chi connectivity index (χ0v) is 15.4. The van der Waals surface area contributed by atoms with Crippen molar-refractivity contribution in [1.82, 2.24) is 15.1 Å². The van der Waals surface area contributed by atoms with Crippen LogP contribution in [0.5, 0.6) is 0 Å². The molecule has 26 heavy (non-hydrogen) atoms. The van der Waals surface area contributed by atoms with E-state index in [4.69, 9.17) is 9.47 Å². The van der Waals surface area contributed by atoms with Crippen LogP contribution in [0.25, 0.3) is 0 Å². The fourth-order valence-corrected chi connectivity index (χ4v) is 4.28. The standard InChI is InChI=1S/C20H29N3O3/c24-19-21-16-20(26-19)7-10-22(11-8-20)14-18-15-23(9-4-12-25-18)13-17-5-2-1-3-6-17/h1-3,5-6,18H,4,7-16H2,(H,21,24)/t18-/m0/s1. The molecule has 3 aliphatic rings. The summed E-state index contributed by atoms with van der Waals surface area (Å²) in [4.78, 5) is 16.3. The largest absolute Gasteiger partial charge is 0.441 e. The average Bonchev–Trinajstić information content (AvgIpc) is 2.86. The number of hydrogen-bond donors (Lipinski definition) is 1. The molecular weight excluding hydrogens is 330 g/mol. The van der Waals surface area contributed by atoms with Crippen LogP contribution >= 0.6 is 0 Å². The highest BCUT2D eigenvalue weighted by molar-refractivity contribution is 5.70. The molecule has 4 rings (SSSR count). The van der Waals surface area contributed by atoms with Gasteiger partial charge in [0.25, 0.3) is 0 Å². The number of carbonyl (C=O) groups is 1. The maximum absolute atomic E-state index is 11.4. The molecule has 1 aromatic carbocycles. The van der Waals surface area contributed by atoms with Crippen LogP contribution in [-0.4, -0.2) is 73.5 Å². The normalized spacial score (nSPS) is 27.1. The fraction of sp³-hybridized carbons (Fsp3) is 0.650. The fourth-order valence-electron chi connectivity index (χ4n) is 4.28. The molecule has 3 fully saturated rings. The van der Waals surface area contributed by atoms with Gasteiger partial charge in [-0.1, -0.05) is 30.3 Å². The Morgan fingerprint density at radius 1 is 1.12 bits per heavy atom. The van der Waals surface area contributed by atoms with Crippen molar-refractivity contribution in [3.8, 4) is 0 Å². The lowest BCUT2D eigenvalue weighted by atomic mass is 9.91. The van der Waals surface area contributed by atoms with E-state index >= 15 is 0 Å². The number of likely N-dealkylation sites (tertiary alicyclic amines) is 1. The molecule has 0 saturated carbocycles. The molecule has 3 aliphatic heterocycles. The topological polar surface area (TPSA) is 54.0 Å². The summed E-state index contributed by atoms with van der Waals surface area (Å²) in [5.74, 6) is 0. The van der Waals surface area contributed by atoms with Crippen LogP contribution in [0.4, 0.5) is 4.79 Å². The summed E-state index contributed by atoms with van der Waals surface area (Å²) < 4.78 is 11.6. The Hall–Kier alpha value is -1.63. The number of alkyl carbamates (subject to hydrolysis) is 1. The van der Waals surface area contributed by atoms with Crippen LogP contribution in [0.1, 0.15) is 24.8 Å².